The second kappa shape index (κ2) is 13.6. The molecule has 0 spiro atoms. The second-order valence-corrected chi connectivity index (χ2v) is 9.13. The summed E-state index contributed by atoms with van der Waals surface area (Å²) < 4.78 is 6.50. The van der Waals surface area contributed by atoms with Crippen molar-refractivity contribution in [3.8, 4) is 5.75 Å². The van der Waals surface area contributed by atoms with Gasteiger partial charge in [0.1, 0.15) is 5.75 Å². The highest BCUT2D eigenvalue weighted by atomic mass is 79.9. The van der Waals surface area contributed by atoms with E-state index < -0.39 is 0 Å². The van der Waals surface area contributed by atoms with Crippen LogP contribution in [0.15, 0.2) is 77.3 Å². The molecule has 0 aliphatic heterocycles. The van der Waals surface area contributed by atoms with Gasteiger partial charge in [-0.15, -0.1) is 0 Å². The number of ether oxygens (including phenoxy) is 1. The van der Waals surface area contributed by atoms with Crippen LogP contribution in [0, 0.1) is 0 Å². The summed E-state index contributed by atoms with van der Waals surface area (Å²) >= 11 is 8.77. The number of hydrogen-bond acceptors (Lipinski definition) is 4. The van der Waals surface area contributed by atoms with E-state index in [-0.39, 0.29) is 16.9 Å². The lowest BCUT2D eigenvalue weighted by Gasteiger charge is -2.12. The molecule has 0 radical (unpaired) electrons. The van der Waals surface area contributed by atoms with Crippen LogP contribution in [0.5, 0.6) is 5.75 Å². The summed E-state index contributed by atoms with van der Waals surface area (Å²) in [6.45, 7) is 2.81. The molecule has 0 aromatic heterocycles. The highest BCUT2D eigenvalue weighted by Gasteiger charge is 2.12. The molecule has 3 aromatic rings. The van der Waals surface area contributed by atoms with Crippen molar-refractivity contribution in [2.75, 3.05) is 17.2 Å². The number of benzene rings is 3. The van der Waals surface area contributed by atoms with E-state index in [0.29, 0.717) is 39.3 Å². The Bertz CT molecular complexity index is 1170. The van der Waals surface area contributed by atoms with Crippen LogP contribution in [0.4, 0.5) is 11.4 Å². The van der Waals surface area contributed by atoms with Gasteiger partial charge in [0.15, 0.2) is 5.11 Å². The van der Waals surface area contributed by atoms with Crippen molar-refractivity contribution in [1.29, 1.82) is 0 Å². The van der Waals surface area contributed by atoms with Gasteiger partial charge in [0.05, 0.1) is 11.1 Å². The van der Waals surface area contributed by atoms with Crippen LogP contribution in [0.1, 0.15) is 53.3 Å². The average molecular weight is 555 g/mol. The fourth-order valence-electron chi connectivity index (χ4n) is 3.27. The Morgan fingerprint density at radius 1 is 0.829 bits per heavy atom. The van der Waals surface area contributed by atoms with Gasteiger partial charge in [-0.05, 0) is 83.1 Å². The van der Waals surface area contributed by atoms with E-state index in [9.17, 15) is 9.59 Å². The van der Waals surface area contributed by atoms with Gasteiger partial charge in [0, 0.05) is 22.5 Å². The summed E-state index contributed by atoms with van der Waals surface area (Å²) in [7, 11) is 0. The molecule has 0 saturated heterocycles. The molecule has 0 fully saturated rings. The number of halogens is 1. The number of amides is 2. The maximum absolute atomic E-state index is 12.7. The van der Waals surface area contributed by atoms with Gasteiger partial charge in [0.2, 0.25) is 0 Å². The number of rotatable bonds is 10. The molecule has 6 nitrogen and oxygen atoms in total. The van der Waals surface area contributed by atoms with Gasteiger partial charge in [-0.3, -0.25) is 14.9 Å². The molecule has 0 saturated carbocycles. The largest absolute Gasteiger partial charge is 0.492 e. The number of nitrogens with one attached hydrogen (secondary N) is 3. The molecule has 0 aliphatic rings. The summed E-state index contributed by atoms with van der Waals surface area (Å²) in [6, 6.07) is 21.2. The van der Waals surface area contributed by atoms with Crippen LogP contribution in [-0.2, 0) is 0 Å². The predicted octanol–water partition coefficient (Wildman–Crippen LogP) is 6.79. The standard InChI is InChI=1S/C27H28BrN3O3S/c1-2-3-4-8-16-34-24-15-14-20(18-23(24)28)26(33)31-27(35)30-22-13-9-10-19(17-22)25(32)29-21-11-6-5-7-12-21/h5-7,9-15,17-18H,2-4,8,16H2,1H3,(H,29,32)(H2,30,31,33,35). The number of carbonyl (C=O) groups excluding carboxylic acids is 2. The third kappa shape index (κ3) is 8.49. The van der Waals surface area contributed by atoms with Crippen LogP contribution in [0.3, 0.4) is 0 Å². The van der Waals surface area contributed by atoms with Crippen LogP contribution in [0.25, 0.3) is 0 Å². The molecular weight excluding hydrogens is 526 g/mol. The molecule has 3 rings (SSSR count). The zero-order chi connectivity index (χ0) is 25.0. The molecule has 0 bridgehead atoms. The number of hydrogen-bond donors (Lipinski definition) is 3. The van der Waals surface area contributed by atoms with Crippen LogP contribution >= 0.6 is 28.1 Å². The predicted molar refractivity (Wildman–Crippen MR) is 148 cm³/mol. The first-order valence-corrected chi connectivity index (χ1v) is 12.7. The summed E-state index contributed by atoms with van der Waals surface area (Å²) in [5.41, 5.74) is 2.19. The van der Waals surface area contributed by atoms with Crippen molar-refractivity contribution in [2.24, 2.45) is 0 Å². The van der Waals surface area contributed by atoms with E-state index in [2.05, 4.69) is 38.8 Å². The quantitative estimate of drug-likeness (QED) is 0.190. The first-order valence-electron chi connectivity index (χ1n) is 11.5. The minimum absolute atomic E-state index is 0.128. The van der Waals surface area contributed by atoms with E-state index in [1.54, 1.807) is 42.5 Å². The molecular formula is C27H28BrN3O3S. The molecule has 182 valence electrons. The van der Waals surface area contributed by atoms with Gasteiger partial charge in [-0.2, -0.15) is 0 Å². The van der Waals surface area contributed by atoms with E-state index >= 15 is 0 Å². The van der Waals surface area contributed by atoms with Gasteiger partial charge in [-0.1, -0.05) is 50.5 Å². The molecule has 8 heteroatoms. The van der Waals surface area contributed by atoms with Crippen molar-refractivity contribution in [2.45, 2.75) is 32.6 Å². The maximum Gasteiger partial charge on any atom is 0.257 e. The van der Waals surface area contributed by atoms with Crippen molar-refractivity contribution in [3.63, 3.8) is 0 Å². The van der Waals surface area contributed by atoms with Crippen molar-refractivity contribution in [1.82, 2.24) is 5.32 Å². The minimum Gasteiger partial charge on any atom is -0.492 e. The summed E-state index contributed by atoms with van der Waals surface area (Å²) in [5.74, 6) is 0.104. The molecule has 3 N–H and O–H groups in total. The fraction of sp³-hybridized carbons (Fsp3) is 0.222. The number of carbonyl (C=O) groups is 2. The smallest absolute Gasteiger partial charge is 0.257 e. The topological polar surface area (TPSA) is 79.5 Å². The zero-order valence-electron chi connectivity index (χ0n) is 19.5. The Kier molecular flexibility index (Phi) is 10.3. The molecule has 0 atom stereocenters. The highest BCUT2D eigenvalue weighted by molar-refractivity contribution is 9.10. The maximum atomic E-state index is 12.7. The van der Waals surface area contributed by atoms with Gasteiger partial charge < -0.3 is 15.4 Å². The Hall–Kier alpha value is -3.23. The first kappa shape index (κ1) is 26.4. The van der Waals surface area contributed by atoms with Gasteiger partial charge >= 0.3 is 0 Å². The molecule has 0 unspecified atom stereocenters. The highest BCUT2D eigenvalue weighted by Crippen LogP contribution is 2.26. The molecule has 2 amide bonds. The van der Waals surface area contributed by atoms with E-state index in [1.807, 2.05) is 30.3 Å². The third-order valence-corrected chi connectivity index (χ3v) is 5.91. The number of thiocarbonyl (C=S) groups is 1. The van der Waals surface area contributed by atoms with Gasteiger partial charge in [-0.25, -0.2) is 0 Å². The average Bonchev–Trinajstić information content (AvgIpc) is 2.85. The van der Waals surface area contributed by atoms with Crippen LogP contribution < -0.4 is 20.7 Å². The molecule has 3 aromatic carbocycles. The van der Waals surface area contributed by atoms with Crippen LogP contribution in [-0.4, -0.2) is 23.5 Å². The zero-order valence-corrected chi connectivity index (χ0v) is 21.9. The Balaban J connectivity index is 1.53. The Labute approximate surface area is 219 Å². The van der Waals surface area contributed by atoms with Crippen LogP contribution in [0.2, 0.25) is 0 Å². The van der Waals surface area contributed by atoms with Gasteiger partial charge in [0.25, 0.3) is 11.8 Å². The molecule has 35 heavy (non-hydrogen) atoms. The summed E-state index contributed by atoms with van der Waals surface area (Å²) in [6.07, 6.45) is 4.51. The first-order chi connectivity index (χ1) is 17.0. The number of unbranched alkanes of at least 4 members (excludes halogenated alkanes) is 3. The molecule has 0 heterocycles. The van der Waals surface area contributed by atoms with E-state index in [0.717, 1.165) is 12.8 Å². The molecule has 0 aliphatic carbocycles. The third-order valence-electron chi connectivity index (χ3n) is 5.09. The lowest BCUT2D eigenvalue weighted by Crippen LogP contribution is -2.34. The second-order valence-electron chi connectivity index (χ2n) is 7.86. The van der Waals surface area contributed by atoms with Crippen molar-refractivity contribution < 1.29 is 14.3 Å². The Morgan fingerprint density at radius 3 is 2.31 bits per heavy atom. The number of anilines is 2. The normalized spacial score (nSPS) is 10.3. The summed E-state index contributed by atoms with van der Waals surface area (Å²) in [4.78, 5) is 25.2. The van der Waals surface area contributed by atoms with Crippen molar-refractivity contribution in [3.05, 3.63) is 88.4 Å². The number of para-hydroxylation sites is 1. The fourth-order valence-corrected chi connectivity index (χ4v) is 3.97. The minimum atomic E-state index is -0.351. The monoisotopic (exact) mass is 553 g/mol. The van der Waals surface area contributed by atoms with Crippen molar-refractivity contribution >= 4 is 56.4 Å². The SMILES string of the molecule is CCCCCCOc1ccc(C(=O)NC(=S)Nc2cccc(C(=O)Nc3ccccc3)c2)cc1Br. The Morgan fingerprint density at radius 2 is 1.57 bits per heavy atom. The summed E-state index contributed by atoms with van der Waals surface area (Å²) in [5, 5.41) is 8.59. The lowest BCUT2D eigenvalue weighted by atomic mass is 10.2. The van der Waals surface area contributed by atoms with E-state index in [4.69, 9.17) is 17.0 Å². The van der Waals surface area contributed by atoms with E-state index in [1.165, 1.54) is 12.8 Å². The lowest BCUT2D eigenvalue weighted by molar-refractivity contribution is 0.0976.